The summed E-state index contributed by atoms with van der Waals surface area (Å²) in [6, 6.07) is 21.5. The number of nitrogens with zero attached hydrogens (tertiary/aromatic N) is 3. The molecule has 5 rings (SSSR count). The third-order valence-electron chi connectivity index (χ3n) is 7.29. The molecular weight excluding hydrogens is 512 g/mol. The summed E-state index contributed by atoms with van der Waals surface area (Å²) in [6.07, 6.45) is 0.194. The van der Waals surface area contributed by atoms with Crippen molar-refractivity contribution in [3.8, 4) is 11.3 Å². The predicted octanol–water partition coefficient (Wildman–Crippen LogP) is 3.55. The number of carbonyl (C=O) groups excluding carboxylic acids is 2. The lowest BCUT2D eigenvalue weighted by Crippen LogP contribution is -2.53. The molecule has 2 unspecified atom stereocenters. The zero-order valence-corrected chi connectivity index (χ0v) is 22.7. The summed E-state index contributed by atoms with van der Waals surface area (Å²) in [7, 11) is 1.71. The molecule has 4 aromatic rings. The highest BCUT2D eigenvalue weighted by atomic mass is 32.1. The molecule has 3 aromatic carbocycles. The van der Waals surface area contributed by atoms with Crippen LogP contribution in [-0.2, 0) is 9.59 Å². The van der Waals surface area contributed by atoms with Crippen LogP contribution in [0.25, 0.3) is 22.0 Å². The maximum Gasteiger partial charge on any atom is 0.242 e. The van der Waals surface area contributed by atoms with Gasteiger partial charge in [-0.1, -0.05) is 77.3 Å². The highest BCUT2D eigenvalue weighted by molar-refractivity contribution is 7.10. The van der Waals surface area contributed by atoms with Gasteiger partial charge in [-0.25, -0.2) is 0 Å². The maximum absolute atomic E-state index is 13.5. The molecule has 10 heteroatoms. The molecule has 0 spiro atoms. The molecule has 39 heavy (non-hydrogen) atoms. The van der Waals surface area contributed by atoms with E-state index in [2.05, 4.69) is 25.5 Å². The number of benzene rings is 3. The third-order valence-corrected chi connectivity index (χ3v) is 7.93. The predicted molar refractivity (Wildman–Crippen MR) is 153 cm³/mol. The Labute approximate surface area is 231 Å². The summed E-state index contributed by atoms with van der Waals surface area (Å²) < 4.78 is 4.05. The van der Waals surface area contributed by atoms with Crippen LogP contribution in [-0.4, -0.2) is 63.3 Å². The molecule has 0 bridgehead atoms. The maximum atomic E-state index is 13.5. The van der Waals surface area contributed by atoms with Crippen LogP contribution in [0.15, 0.2) is 72.8 Å². The number of hydrogen-bond acceptors (Lipinski definition) is 8. The largest absolute Gasteiger partial charge is 0.376 e. The number of hydrogen-bond donors (Lipinski definition) is 4. The Bertz CT molecular complexity index is 1440. The second kappa shape index (κ2) is 12.0. The molecule has 0 radical (unpaired) electrons. The molecular formula is C29H32N6O3S. The van der Waals surface area contributed by atoms with E-state index in [4.69, 9.17) is 0 Å². The van der Waals surface area contributed by atoms with Crippen LogP contribution in [0.1, 0.15) is 31.4 Å². The third kappa shape index (κ3) is 5.69. The van der Waals surface area contributed by atoms with E-state index in [0.717, 1.165) is 39.9 Å². The van der Waals surface area contributed by atoms with Crippen LogP contribution in [0.2, 0.25) is 0 Å². The van der Waals surface area contributed by atoms with E-state index in [1.807, 2.05) is 72.8 Å². The van der Waals surface area contributed by atoms with Gasteiger partial charge in [0.25, 0.3) is 0 Å². The smallest absolute Gasteiger partial charge is 0.242 e. The Kier molecular flexibility index (Phi) is 8.27. The Morgan fingerprint density at radius 3 is 2.59 bits per heavy atom. The quantitative estimate of drug-likeness (QED) is 0.254. The van der Waals surface area contributed by atoms with Gasteiger partial charge in [-0.2, -0.15) is 0 Å². The summed E-state index contributed by atoms with van der Waals surface area (Å²) in [5.41, 5.74) is 2.27. The van der Waals surface area contributed by atoms with Crippen LogP contribution < -0.4 is 16.0 Å². The number of aromatic nitrogens is 2. The van der Waals surface area contributed by atoms with Crippen molar-refractivity contribution >= 4 is 39.1 Å². The number of rotatable bonds is 9. The summed E-state index contributed by atoms with van der Waals surface area (Å²) >= 11 is 1.12. The summed E-state index contributed by atoms with van der Waals surface area (Å²) in [4.78, 5) is 28.3. The normalized spacial score (nSPS) is 18.0. The molecule has 4 N–H and O–H groups in total. The van der Waals surface area contributed by atoms with E-state index in [0.29, 0.717) is 23.7 Å². The van der Waals surface area contributed by atoms with Crippen molar-refractivity contribution in [3.63, 3.8) is 0 Å². The summed E-state index contributed by atoms with van der Waals surface area (Å²) in [5, 5.41) is 27.5. The van der Waals surface area contributed by atoms with Crippen molar-refractivity contribution in [2.75, 3.05) is 18.9 Å². The Hall–Kier alpha value is -3.70. The Morgan fingerprint density at radius 1 is 1.05 bits per heavy atom. The van der Waals surface area contributed by atoms with Gasteiger partial charge in [0.05, 0.1) is 18.1 Å². The van der Waals surface area contributed by atoms with Gasteiger partial charge in [0.2, 0.25) is 11.8 Å². The van der Waals surface area contributed by atoms with Crippen LogP contribution in [0.4, 0.5) is 5.00 Å². The van der Waals surface area contributed by atoms with Gasteiger partial charge >= 0.3 is 0 Å². The molecule has 0 aliphatic carbocycles. The fraction of sp³-hybridized carbons (Fsp3) is 0.310. The van der Waals surface area contributed by atoms with E-state index < -0.39 is 24.4 Å². The zero-order chi connectivity index (χ0) is 27.4. The van der Waals surface area contributed by atoms with Gasteiger partial charge < -0.3 is 21.1 Å². The molecule has 2 amide bonds. The minimum atomic E-state index is -1.13. The van der Waals surface area contributed by atoms with Gasteiger partial charge in [-0.3, -0.25) is 14.5 Å². The first-order chi connectivity index (χ1) is 19.0. The van der Waals surface area contributed by atoms with Crippen molar-refractivity contribution in [2.24, 2.45) is 0 Å². The van der Waals surface area contributed by atoms with Gasteiger partial charge in [-0.05, 0) is 43.1 Å². The number of likely N-dealkylation sites (N-methyl/N-ethyl adjacent to an activating group) is 1. The average molecular weight is 545 g/mol. The van der Waals surface area contributed by atoms with Crippen molar-refractivity contribution in [1.82, 2.24) is 25.1 Å². The van der Waals surface area contributed by atoms with Crippen LogP contribution >= 0.6 is 11.5 Å². The highest BCUT2D eigenvalue weighted by Gasteiger charge is 2.40. The fourth-order valence-corrected chi connectivity index (χ4v) is 5.67. The summed E-state index contributed by atoms with van der Waals surface area (Å²) in [6.45, 7) is 2.28. The monoisotopic (exact) mass is 544 g/mol. The molecule has 1 fully saturated rings. The minimum Gasteiger partial charge on any atom is -0.376 e. The van der Waals surface area contributed by atoms with Crippen molar-refractivity contribution in [2.45, 2.75) is 44.1 Å². The van der Waals surface area contributed by atoms with Gasteiger partial charge in [0, 0.05) is 23.6 Å². The molecule has 1 aromatic heterocycles. The van der Waals surface area contributed by atoms with Crippen molar-refractivity contribution < 1.29 is 14.7 Å². The Balaban J connectivity index is 1.42. The van der Waals surface area contributed by atoms with E-state index >= 15 is 0 Å². The number of fused-ring (bicyclic) bond motifs is 1. The minimum absolute atomic E-state index is 0.235. The lowest BCUT2D eigenvalue weighted by molar-refractivity contribution is -0.129. The Morgan fingerprint density at radius 2 is 1.79 bits per heavy atom. The van der Waals surface area contributed by atoms with E-state index in [9.17, 15) is 14.7 Å². The molecule has 1 aliphatic rings. The molecule has 1 saturated heterocycles. The lowest BCUT2D eigenvalue weighted by atomic mass is 9.96. The topological polar surface area (TPSA) is 119 Å². The zero-order valence-electron chi connectivity index (χ0n) is 21.9. The first-order valence-corrected chi connectivity index (χ1v) is 13.8. The van der Waals surface area contributed by atoms with Crippen molar-refractivity contribution in [1.29, 1.82) is 0 Å². The first-order valence-electron chi connectivity index (χ1n) is 13.1. The van der Waals surface area contributed by atoms with Crippen LogP contribution in [0.5, 0.6) is 0 Å². The standard InChI is InChI=1S/C29H32N6O3S/c1-18(30-2)26(36)31-25(22-15-8-13-19-10-6-7-14-21(19)22)29(38)35-17-9-16-23(35)27(37)32-28-24(33-34-39-28)20-11-4-3-5-12-20/h3-8,10-15,18,23,25,29-30,38H,9,16-17H2,1-2H3,(H,31,36)(H,32,37)/t18?,23-,25-,29?/m0/s1. The number of aliphatic hydroxyl groups is 1. The number of aliphatic hydroxyl groups excluding tert-OH is 1. The summed E-state index contributed by atoms with van der Waals surface area (Å²) in [5.74, 6) is -0.473. The van der Waals surface area contributed by atoms with Gasteiger partial charge in [0.1, 0.15) is 16.9 Å². The van der Waals surface area contributed by atoms with Crippen LogP contribution in [0, 0.1) is 0 Å². The van der Waals surface area contributed by atoms with E-state index in [1.165, 1.54) is 0 Å². The number of likely N-dealkylation sites (tertiary alicyclic amines) is 1. The molecule has 0 saturated carbocycles. The first kappa shape index (κ1) is 26.9. The van der Waals surface area contributed by atoms with E-state index in [-0.39, 0.29) is 11.8 Å². The average Bonchev–Trinajstić information content (AvgIpc) is 3.65. The van der Waals surface area contributed by atoms with Gasteiger partial charge in [0.15, 0.2) is 0 Å². The molecule has 9 nitrogen and oxygen atoms in total. The molecule has 2 heterocycles. The fourth-order valence-electron chi connectivity index (χ4n) is 5.08. The van der Waals surface area contributed by atoms with Crippen LogP contribution in [0.3, 0.4) is 0 Å². The second-order valence-electron chi connectivity index (χ2n) is 9.68. The second-order valence-corrected chi connectivity index (χ2v) is 10.4. The molecule has 1 aliphatic heterocycles. The number of nitrogens with one attached hydrogen (secondary N) is 3. The lowest BCUT2D eigenvalue weighted by Gasteiger charge is -2.35. The molecule has 202 valence electrons. The van der Waals surface area contributed by atoms with Gasteiger partial charge in [-0.15, -0.1) is 5.10 Å². The highest BCUT2D eigenvalue weighted by Crippen LogP contribution is 2.33. The SMILES string of the molecule is CNC(C)C(=O)N[C@@H](c1cccc2ccccc12)C(O)N1CCC[C@H]1C(=O)Nc1snnc1-c1ccccc1. The number of amides is 2. The van der Waals surface area contributed by atoms with Crippen molar-refractivity contribution in [3.05, 3.63) is 78.4 Å². The van der Waals surface area contributed by atoms with E-state index in [1.54, 1.807) is 18.9 Å². The number of carbonyl (C=O) groups is 2. The molecule has 4 atom stereocenters. The number of anilines is 1.